The monoisotopic (exact) mass is 714 g/mol. The van der Waals surface area contributed by atoms with Gasteiger partial charge >= 0.3 is 0 Å². The first-order valence-corrected chi connectivity index (χ1v) is 18.7. The third-order valence-electron chi connectivity index (χ3n) is 10.5. The van der Waals surface area contributed by atoms with Crippen molar-refractivity contribution in [3.63, 3.8) is 0 Å². The molecular weight excluding hydrogens is 661 g/mol. The molecule has 6 heteroatoms. The Balaban J connectivity index is 1.39. The molecule has 2 atom stereocenters. The first kappa shape index (κ1) is 38.1. The minimum Gasteiger partial charge on any atom is -0.491 e. The third-order valence-corrected chi connectivity index (χ3v) is 10.5. The molecule has 4 aromatic carbocycles. The maximum Gasteiger partial charge on any atom is 0.122 e. The first-order valence-electron chi connectivity index (χ1n) is 18.7. The van der Waals surface area contributed by atoms with Gasteiger partial charge < -0.3 is 28.4 Å². The fraction of sp³-hybridized carbons (Fsp3) is 0.362. The van der Waals surface area contributed by atoms with Crippen molar-refractivity contribution in [1.29, 1.82) is 0 Å². The summed E-state index contributed by atoms with van der Waals surface area (Å²) in [5.41, 5.74) is 8.49. The van der Waals surface area contributed by atoms with E-state index in [2.05, 4.69) is 119 Å². The van der Waals surface area contributed by atoms with Gasteiger partial charge in [0, 0.05) is 17.9 Å². The van der Waals surface area contributed by atoms with Gasteiger partial charge in [-0.15, -0.1) is 19.7 Å². The summed E-state index contributed by atoms with van der Waals surface area (Å²) in [6.07, 6.45) is 8.26. The number of allylic oxidation sites excluding steroid dienone is 3. The predicted octanol–water partition coefficient (Wildman–Crippen LogP) is 9.13. The molecule has 0 bridgehead atoms. The van der Waals surface area contributed by atoms with E-state index < -0.39 is 5.41 Å². The van der Waals surface area contributed by atoms with Crippen molar-refractivity contribution in [2.75, 3.05) is 46.8 Å². The van der Waals surface area contributed by atoms with Gasteiger partial charge in [-0.05, 0) is 88.9 Å². The minimum absolute atomic E-state index is 0.176. The lowest BCUT2D eigenvalue weighted by Gasteiger charge is -2.34. The number of hydrogen-bond acceptors (Lipinski definition) is 6. The Bertz CT molecular complexity index is 1810. The van der Waals surface area contributed by atoms with Crippen molar-refractivity contribution in [3.05, 3.63) is 161 Å². The molecule has 2 aliphatic rings. The van der Waals surface area contributed by atoms with Gasteiger partial charge in [-0.3, -0.25) is 0 Å². The normalized spacial score (nSPS) is 17.4. The van der Waals surface area contributed by atoms with Crippen LogP contribution in [0.15, 0.2) is 117 Å². The summed E-state index contributed by atoms with van der Waals surface area (Å²) in [6, 6.07) is 28.8. The Kier molecular flexibility index (Phi) is 12.2. The number of ether oxygens (including phenoxy) is 6. The number of rotatable bonds is 21. The van der Waals surface area contributed by atoms with Crippen LogP contribution in [0.25, 0.3) is 0 Å². The molecule has 0 aliphatic carbocycles. The van der Waals surface area contributed by atoms with Gasteiger partial charge in [-0.25, -0.2) is 0 Å². The number of hydrogen-bond donors (Lipinski definition) is 0. The fourth-order valence-corrected chi connectivity index (χ4v) is 6.93. The maximum absolute atomic E-state index is 6.23. The average Bonchev–Trinajstić information content (AvgIpc) is 4.11. The predicted molar refractivity (Wildman–Crippen MR) is 213 cm³/mol. The molecule has 2 unspecified atom stereocenters. The average molecular weight is 715 g/mol. The first-order chi connectivity index (χ1) is 25.7. The van der Waals surface area contributed by atoms with Crippen molar-refractivity contribution in [2.24, 2.45) is 0 Å². The third kappa shape index (κ3) is 8.96. The van der Waals surface area contributed by atoms with Crippen LogP contribution >= 0.6 is 0 Å². The zero-order chi connectivity index (χ0) is 37.4. The summed E-state index contributed by atoms with van der Waals surface area (Å²) in [6.45, 7) is 22.6. The van der Waals surface area contributed by atoms with Gasteiger partial charge in [0.1, 0.15) is 49.3 Å². The molecular formula is C47H54O6. The van der Waals surface area contributed by atoms with E-state index in [0.717, 1.165) is 53.6 Å². The van der Waals surface area contributed by atoms with Crippen LogP contribution < -0.4 is 14.2 Å². The molecule has 53 heavy (non-hydrogen) atoms. The lowest BCUT2D eigenvalue weighted by atomic mass is 9.69. The Labute approximate surface area is 316 Å². The van der Waals surface area contributed by atoms with Crippen LogP contribution in [0.1, 0.15) is 65.3 Å². The number of methoxy groups -OCH3 is 1. The Morgan fingerprint density at radius 3 is 1.40 bits per heavy atom. The molecule has 0 aromatic heterocycles. The molecule has 4 aromatic rings. The Hall–Kier alpha value is -4.62. The quantitative estimate of drug-likeness (QED) is 0.0372. The molecule has 0 radical (unpaired) electrons. The van der Waals surface area contributed by atoms with E-state index in [4.69, 9.17) is 28.4 Å². The summed E-state index contributed by atoms with van der Waals surface area (Å²) < 4.78 is 34.5. The van der Waals surface area contributed by atoms with Crippen molar-refractivity contribution in [2.45, 2.75) is 63.1 Å². The molecule has 2 saturated heterocycles. The van der Waals surface area contributed by atoms with E-state index in [9.17, 15) is 0 Å². The van der Waals surface area contributed by atoms with E-state index in [1.165, 1.54) is 27.8 Å². The molecule has 0 amide bonds. The van der Waals surface area contributed by atoms with E-state index in [0.29, 0.717) is 39.3 Å². The van der Waals surface area contributed by atoms with Crippen molar-refractivity contribution in [1.82, 2.24) is 0 Å². The molecule has 6 rings (SSSR count). The van der Waals surface area contributed by atoms with Crippen LogP contribution in [0.3, 0.4) is 0 Å². The smallest absolute Gasteiger partial charge is 0.122 e. The summed E-state index contributed by atoms with van der Waals surface area (Å²) in [5.74, 6) is 2.61. The molecule has 278 valence electrons. The molecule has 2 heterocycles. The van der Waals surface area contributed by atoms with Crippen LogP contribution in [0, 0.1) is 0 Å². The number of benzene rings is 4. The summed E-state index contributed by atoms with van der Waals surface area (Å²) in [4.78, 5) is 0. The lowest BCUT2D eigenvalue weighted by molar-refractivity contribution is 0.146. The highest BCUT2D eigenvalue weighted by atomic mass is 16.6. The van der Waals surface area contributed by atoms with Crippen molar-refractivity contribution >= 4 is 0 Å². The topological polar surface area (TPSA) is 62.0 Å². The van der Waals surface area contributed by atoms with E-state index in [-0.39, 0.29) is 17.6 Å². The van der Waals surface area contributed by atoms with Crippen LogP contribution in [-0.4, -0.2) is 59.0 Å². The minimum atomic E-state index is -0.511. The zero-order valence-corrected chi connectivity index (χ0v) is 31.8. The molecule has 0 saturated carbocycles. The van der Waals surface area contributed by atoms with Gasteiger partial charge in [0.2, 0.25) is 0 Å². The second-order valence-electron chi connectivity index (χ2n) is 14.6. The standard InChI is InChI=1S/C47H54O6/c1-8-11-33-26-38(18-21-43(33)49-25-24-48-7)46(4,5)36-14-16-37(17-15-36)47(6,39-19-22-44(34(27-39)12-9-2)52-31-41-29-50-41)40-20-23-45(35(28-40)13-10-3)53-32-42-30-51-42/h8-10,14-23,26-28,41-42H,1-3,11-13,24-25,29-32H2,4-7H3. The van der Waals surface area contributed by atoms with Crippen LogP contribution in [0.2, 0.25) is 0 Å². The van der Waals surface area contributed by atoms with Gasteiger partial charge in [0.15, 0.2) is 0 Å². The molecule has 6 nitrogen and oxygen atoms in total. The van der Waals surface area contributed by atoms with E-state index in [1.807, 2.05) is 18.2 Å². The highest BCUT2D eigenvalue weighted by molar-refractivity contribution is 5.56. The highest BCUT2D eigenvalue weighted by Gasteiger charge is 2.34. The molecule has 2 fully saturated rings. The number of epoxide rings is 2. The van der Waals surface area contributed by atoms with Gasteiger partial charge in [-0.1, -0.05) is 92.7 Å². The van der Waals surface area contributed by atoms with Crippen molar-refractivity contribution < 1.29 is 28.4 Å². The zero-order valence-electron chi connectivity index (χ0n) is 31.8. The highest BCUT2D eigenvalue weighted by Crippen LogP contribution is 2.43. The summed E-state index contributed by atoms with van der Waals surface area (Å²) in [5, 5.41) is 0. The molecule has 0 N–H and O–H groups in total. The van der Waals surface area contributed by atoms with Crippen LogP contribution in [0.4, 0.5) is 0 Å². The van der Waals surface area contributed by atoms with E-state index >= 15 is 0 Å². The van der Waals surface area contributed by atoms with Crippen LogP contribution in [0.5, 0.6) is 17.2 Å². The SMILES string of the molecule is C=CCc1cc(C(C)(C)c2ccc(C(C)(c3ccc(OCC4CO4)c(CC=C)c3)c3ccc(OCC4CO4)c(CC=C)c3)cc2)ccc1OCCOC. The molecule has 2 aliphatic heterocycles. The van der Waals surface area contributed by atoms with Crippen molar-refractivity contribution in [3.8, 4) is 17.2 Å². The summed E-state index contributed by atoms with van der Waals surface area (Å²) >= 11 is 0. The van der Waals surface area contributed by atoms with Gasteiger partial charge in [0.25, 0.3) is 0 Å². The Morgan fingerprint density at radius 1 is 0.566 bits per heavy atom. The summed E-state index contributed by atoms with van der Waals surface area (Å²) in [7, 11) is 1.68. The van der Waals surface area contributed by atoms with Crippen LogP contribution in [-0.2, 0) is 44.3 Å². The fourth-order valence-electron chi connectivity index (χ4n) is 6.93. The largest absolute Gasteiger partial charge is 0.491 e. The Morgan fingerprint density at radius 2 is 0.962 bits per heavy atom. The van der Waals surface area contributed by atoms with Gasteiger partial charge in [0.05, 0.1) is 19.8 Å². The maximum atomic E-state index is 6.23. The lowest BCUT2D eigenvalue weighted by Crippen LogP contribution is -2.27. The van der Waals surface area contributed by atoms with Gasteiger partial charge in [-0.2, -0.15) is 0 Å². The second kappa shape index (κ2) is 17.0. The molecule has 0 spiro atoms. The second-order valence-corrected chi connectivity index (χ2v) is 14.6. The van der Waals surface area contributed by atoms with E-state index in [1.54, 1.807) is 7.11 Å².